The number of hydrogen-bond donors (Lipinski definition) is 1. The zero-order valence-corrected chi connectivity index (χ0v) is 12.1. The van der Waals surface area contributed by atoms with Crippen LogP contribution in [-0.4, -0.2) is 5.91 Å². The normalized spacial score (nSPS) is 11.3. The largest absolute Gasteiger partial charge is 0.326 e. The van der Waals surface area contributed by atoms with Crippen molar-refractivity contribution in [3.8, 4) is 24.3 Å². The zero-order valence-electron chi connectivity index (χ0n) is 12.1. The van der Waals surface area contributed by atoms with E-state index in [1.165, 1.54) is 6.92 Å². The zero-order chi connectivity index (χ0) is 17.0. The molecule has 23 heavy (non-hydrogen) atoms. The van der Waals surface area contributed by atoms with Crippen molar-refractivity contribution in [3.63, 3.8) is 0 Å². The summed E-state index contributed by atoms with van der Waals surface area (Å²) in [6, 6.07) is 12.3. The molecule has 1 N–H and O–H groups in total. The third kappa shape index (κ3) is 2.66. The Morgan fingerprint density at radius 1 is 1.00 bits per heavy atom. The van der Waals surface area contributed by atoms with Crippen LogP contribution >= 0.6 is 0 Å². The number of rotatable bonds is 1. The second-order valence-corrected chi connectivity index (χ2v) is 4.74. The van der Waals surface area contributed by atoms with Crippen molar-refractivity contribution in [2.24, 2.45) is 0 Å². The lowest BCUT2D eigenvalue weighted by Crippen LogP contribution is -2.08. The lowest BCUT2D eigenvalue weighted by Gasteiger charge is -2.10. The van der Waals surface area contributed by atoms with E-state index in [0.29, 0.717) is 28.0 Å². The molecule has 2 rings (SSSR count). The Morgan fingerprint density at radius 2 is 1.57 bits per heavy atom. The summed E-state index contributed by atoms with van der Waals surface area (Å²) in [6.45, 7) is 1.35. The number of nitrogens with zero attached hydrogens (tertiary/aromatic N) is 4. The molecule has 0 aliphatic heterocycles. The van der Waals surface area contributed by atoms with Gasteiger partial charge in [-0.15, -0.1) is 0 Å². The topological polar surface area (TPSA) is 124 Å². The number of fused-ring (bicyclic) bond motifs is 1. The van der Waals surface area contributed by atoms with Crippen LogP contribution in [0.2, 0.25) is 0 Å². The van der Waals surface area contributed by atoms with Crippen molar-refractivity contribution in [3.05, 3.63) is 40.5 Å². The maximum absolute atomic E-state index is 11.4. The number of hydrogen-bond acceptors (Lipinski definition) is 5. The number of nitriles is 4. The van der Waals surface area contributed by atoms with Gasteiger partial charge in [0.1, 0.15) is 35.4 Å². The van der Waals surface area contributed by atoms with Gasteiger partial charge in [-0.3, -0.25) is 4.79 Å². The predicted molar refractivity (Wildman–Crippen MR) is 81.7 cm³/mol. The number of amides is 1. The van der Waals surface area contributed by atoms with Crippen molar-refractivity contribution in [1.82, 2.24) is 0 Å². The molecule has 0 fully saturated rings. The van der Waals surface area contributed by atoms with Gasteiger partial charge in [0.15, 0.2) is 0 Å². The maximum Gasteiger partial charge on any atom is 0.221 e. The van der Waals surface area contributed by atoms with Crippen molar-refractivity contribution >= 4 is 22.7 Å². The lowest BCUT2D eigenvalue weighted by atomic mass is 10.0. The Morgan fingerprint density at radius 3 is 2.09 bits per heavy atom. The molecule has 108 valence electrons. The molecule has 0 saturated carbocycles. The van der Waals surface area contributed by atoms with Gasteiger partial charge < -0.3 is 5.32 Å². The second kappa shape index (κ2) is 6.27. The summed E-state index contributed by atoms with van der Waals surface area (Å²) in [6.07, 6.45) is 0.124. The predicted octanol–water partition coefficient (Wildman–Crippen LogP) is 2.65. The fraction of sp³-hybridized carbons (Fsp3) is 0.118. The molecule has 1 aromatic carbocycles. The second-order valence-electron chi connectivity index (χ2n) is 4.74. The third-order valence-corrected chi connectivity index (χ3v) is 3.41. The fourth-order valence-corrected chi connectivity index (χ4v) is 2.54. The summed E-state index contributed by atoms with van der Waals surface area (Å²) >= 11 is 0. The highest BCUT2D eigenvalue weighted by molar-refractivity contribution is 6.04. The molecule has 0 spiro atoms. The van der Waals surface area contributed by atoms with Crippen molar-refractivity contribution in [1.29, 1.82) is 21.0 Å². The maximum atomic E-state index is 11.4. The molecule has 1 aliphatic carbocycles. The average Bonchev–Trinajstić information content (AvgIpc) is 2.90. The first kappa shape index (κ1) is 15.5. The van der Waals surface area contributed by atoms with E-state index in [2.05, 4.69) is 5.32 Å². The van der Waals surface area contributed by atoms with Gasteiger partial charge in [-0.1, -0.05) is 12.1 Å². The van der Waals surface area contributed by atoms with E-state index < -0.39 is 0 Å². The molecule has 1 aromatic rings. The molecular formula is C17H9N5O. The van der Waals surface area contributed by atoms with Crippen LogP contribution in [0.3, 0.4) is 0 Å². The number of carbonyl (C=O) groups is 1. The first-order chi connectivity index (χ1) is 11.1. The number of anilines is 1. The quantitative estimate of drug-likeness (QED) is 0.798. The number of nitrogens with one attached hydrogen (secondary N) is 1. The Bertz CT molecular complexity index is 907. The highest BCUT2D eigenvalue weighted by atomic mass is 16.1. The minimum absolute atomic E-state index is 0.0727. The van der Waals surface area contributed by atoms with Gasteiger partial charge in [-0.25, -0.2) is 0 Å². The van der Waals surface area contributed by atoms with Crippen LogP contribution in [0, 0.1) is 45.3 Å². The van der Waals surface area contributed by atoms with Gasteiger partial charge in [0.2, 0.25) is 5.91 Å². The van der Waals surface area contributed by atoms with Crippen LogP contribution in [0.4, 0.5) is 5.69 Å². The van der Waals surface area contributed by atoms with Crippen LogP contribution in [0.5, 0.6) is 0 Å². The molecular weight excluding hydrogens is 290 g/mol. The summed E-state index contributed by atoms with van der Waals surface area (Å²) in [7, 11) is 0. The lowest BCUT2D eigenvalue weighted by molar-refractivity contribution is -0.114. The van der Waals surface area contributed by atoms with Crippen molar-refractivity contribution in [2.75, 3.05) is 5.32 Å². The Hall–Kier alpha value is -3.87. The van der Waals surface area contributed by atoms with Gasteiger partial charge in [0.05, 0.1) is 0 Å². The van der Waals surface area contributed by atoms with Crippen LogP contribution in [0.1, 0.15) is 24.5 Å². The van der Waals surface area contributed by atoms with E-state index in [4.69, 9.17) is 21.0 Å². The molecule has 0 heterocycles. The highest BCUT2D eigenvalue weighted by Crippen LogP contribution is 2.46. The van der Waals surface area contributed by atoms with Gasteiger partial charge in [-0.05, 0) is 22.8 Å². The van der Waals surface area contributed by atoms with Crippen molar-refractivity contribution < 1.29 is 4.79 Å². The number of carbonyl (C=O) groups excluding carboxylic acids is 1. The standard InChI is InChI=1S/C17H9N5O/c1-10(23)22-16-4-2-3-13-14(11(6-18)7-19)5-15(17(13)16)12(8-20)9-21/h2-4H,5H2,1H3,(H,22,23). The summed E-state index contributed by atoms with van der Waals surface area (Å²) in [5.41, 5.74) is 2.22. The Kier molecular flexibility index (Phi) is 4.23. The van der Waals surface area contributed by atoms with Gasteiger partial charge in [0.25, 0.3) is 0 Å². The van der Waals surface area contributed by atoms with Crippen LogP contribution in [-0.2, 0) is 4.79 Å². The summed E-state index contributed by atoms with van der Waals surface area (Å²) in [5, 5.41) is 39.2. The smallest absolute Gasteiger partial charge is 0.221 e. The van der Waals surface area contributed by atoms with E-state index in [1.54, 1.807) is 18.2 Å². The van der Waals surface area contributed by atoms with Crippen LogP contribution < -0.4 is 5.32 Å². The highest BCUT2D eigenvalue weighted by Gasteiger charge is 2.29. The van der Waals surface area contributed by atoms with E-state index in [0.717, 1.165) is 0 Å². The fourth-order valence-electron chi connectivity index (χ4n) is 2.54. The Balaban J connectivity index is 2.89. The monoisotopic (exact) mass is 299 g/mol. The number of allylic oxidation sites excluding steroid dienone is 4. The van der Waals surface area contributed by atoms with Gasteiger partial charge >= 0.3 is 0 Å². The van der Waals surface area contributed by atoms with E-state index in [-0.39, 0.29) is 23.5 Å². The van der Waals surface area contributed by atoms with Gasteiger partial charge in [0, 0.05) is 24.6 Å². The molecule has 6 nitrogen and oxygen atoms in total. The molecule has 0 radical (unpaired) electrons. The Labute approximate surface area is 132 Å². The summed E-state index contributed by atoms with van der Waals surface area (Å²) in [4.78, 5) is 11.4. The number of benzene rings is 1. The van der Waals surface area contributed by atoms with Gasteiger partial charge in [-0.2, -0.15) is 21.0 Å². The summed E-state index contributed by atoms with van der Waals surface area (Å²) in [5.74, 6) is -0.300. The minimum Gasteiger partial charge on any atom is -0.326 e. The molecule has 0 aromatic heterocycles. The van der Waals surface area contributed by atoms with E-state index in [1.807, 2.05) is 24.3 Å². The molecule has 0 saturated heterocycles. The molecule has 6 heteroatoms. The first-order valence-electron chi connectivity index (χ1n) is 6.55. The van der Waals surface area contributed by atoms with Crippen molar-refractivity contribution in [2.45, 2.75) is 13.3 Å². The first-order valence-corrected chi connectivity index (χ1v) is 6.55. The van der Waals surface area contributed by atoms with E-state index >= 15 is 0 Å². The van der Waals surface area contributed by atoms with Crippen LogP contribution in [0.25, 0.3) is 11.1 Å². The molecule has 1 amide bonds. The molecule has 0 bridgehead atoms. The average molecular weight is 299 g/mol. The van der Waals surface area contributed by atoms with Crippen LogP contribution in [0.15, 0.2) is 29.3 Å². The summed E-state index contributed by atoms with van der Waals surface area (Å²) < 4.78 is 0. The molecule has 1 aliphatic rings. The SMILES string of the molecule is CC(=O)Nc1cccc2c1C(=C(C#N)C#N)CC2=C(C#N)C#N. The molecule has 0 atom stereocenters. The third-order valence-electron chi connectivity index (χ3n) is 3.41. The van der Waals surface area contributed by atoms with E-state index in [9.17, 15) is 4.79 Å². The minimum atomic E-state index is -0.300. The molecule has 0 unspecified atom stereocenters.